The molecule has 1 aliphatic heterocycles. The van der Waals surface area contributed by atoms with Gasteiger partial charge in [-0.2, -0.15) is 5.10 Å². The predicted octanol–water partition coefficient (Wildman–Crippen LogP) is 1.80. The number of nitrogens with two attached hydrogens (primary N) is 1. The molecule has 2 aromatic rings. The Labute approximate surface area is 144 Å². The molecular formula is C13H17Cl2FN4O2S. The van der Waals surface area contributed by atoms with Crippen LogP contribution in [0.1, 0.15) is 18.5 Å². The Morgan fingerprint density at radius 1 is 1.39 bits per heavy atom. The standard InChI is InChI=1S/C13H16ClFN4O2S.ClH/c1-8(16)9-6-10(14)12-11(15)7-17-19(12)13(9)18-2-4-22(20,21)5-3-18;/h6-8H,2-5,16H2,1H3;1H/t8-;/m0./s1. The fraction of sp³-hybridized carbons (Fsp3) is 0.462. The van der Waals surface area contributed by atoms with E-state index in [0.717, 1.165) is 6.20 Å². The van der Waals surface area contributed by atoms with Crippen molar-refractivity contribution in [1.29, 1.82) is 0 Å². The van der Waals surface area contributed by atoms with Crippen LogP contribution in [0.4, 0.5) is 10.2 Å². The lowest BCUT2D eigenvalue weighted by Crippen LogP contribution is -2.42. The van der Waals surface area contributed by atoms with Crippen LogP contribution in [-0.4, -0.2) is 42.6 Å². The maximum Gasteiger partial charge on any atom is 0.170 e. The summed E-state index contributed by atoms with van der Waals surface area (Å²) >= 11 is 6.14. The fourth-order valence-corrected chi connectivity index (χ4v) is 4.16. The van der Waals surface area contributed by atoms with E-state index in [4.69, 9.17) is 17.3 Å². The summed E-state index contributed by atoms with van der Waals surface area (Å²) in [6.07, 6.45) is 1.09. The molecule has 128 valence electrons. The lowest BCUT2D eigenvalue weighted by Gasteiger charge is -2.31. The first-order valence-corrected chi connectivity index (χ1v) is 9.06. The molecule has 6 nitrogen and oxygen atoms in total. The number of halogens is 3. The highest BCUT2D eigenvalue weighted by atomic mass is 35.5. The molecule has 0 bridgehead atoms. The molecule has 1 atom stereocenters. The van der Waals surface area contributed by atoms with Crippen LogP contribution in [0.5, 0.6) is 0 Å². The molecule has 2 N–H and O–H groups in total. The molecule has 23 heavy (non-hydrogen) atoms. The lowest BCUT2D eigenvalue weighted by atomic mass is 10.1. The minimum Gasteiger partial charge on any atom is -0.354 e. The fourth-order valence-electron chi connectivity index (χ4n) is 2.67. The van der Waals surface area contributed by atoms with E-state index in [2.05, 4.69) is 5.10 Å². The summed E-state index contributed by atoms with van der Waals surface area (Å²) in [5.41, 5.74) is 6.89. The Morgan fingerprint density at radius 3 is 2.57 bits per heavy atom. The third kappa shape index (κ3) is 3.26. The third-order valence-electron chi connectivity index (χ3n) is 3.83. The quantitative estimate of drug-likeness (QED) is 0.856. The second kappa shape index (κ2) is 6.43. The van der Waals surface area contributed by atoms with Crippen LogP contribution in [0.2, 0.25) is 5.02 Å². The second-order valence-electron chi connectivity index (χ2n) is 5.45. The first-order chi connectivity index (χ1) is 10.3. The van der Waals surface area contributed by atoms with E-state index in [1.807, 2.05) is 4.90 Å². The third-order valence-corrected chi connectivity index (χ3v) is 5.72. The van der Waals surface area contributed by atoms with Crippen LogP contribution in [-0.2, 0) is 9.84 Å². The van der Waals surface area contributed by atoms with Gasteiger partial charge in [0.2, 0.25) is 0 Å². The van der Waals surface area contributed by atoms with Gasteiger partial charge >= 0.3 is 0 Å². The van der Waals surface area contributed by atoms with E-state index in [9.17, 15) is 12.8 Å². The smallest absolute Gasteiger partial charge is 0.170 e. The highest BCUT2D eigenvalue weighted by Gasteiger charge is 2.27. The van der Waals surface area contributed by atoms with Crippen LogP contribution in [0.25, 0.3) is 5.52 Å². The summed E-state index contributed by atoms with van der Waals surface area (Å²) in [5, 5.41) is 4.28. The highest BCUT2D eigenvalue weighted by Crippen LogP contribution is 2.33. The number of anilines is 1. The van der Waals surface area contributed by atoms with Crippen molar-refractivity contribution in [1.82, 2.24) is 9.61 Å². The second-order valence-corrected chi connectivity index (χ2v) is 8.16. The summed E-state index contributed by atoms with van der Waals surface area (Å²) in [4.78, 5) is 1.87. The molecule has 3 heterocycles. The van der Waals surface area contributed by atoms with Gasteiger partial charge in [0.25, 0.3) is 0 Å². The van der Waals surface area contributed by atoms with Crippen LogP contribution in [0.3, 0.4) is 0 Å². The molecular weight excluding hydrogens is 366 g/mol. The van der Waals surface area contributed by atoms with Gasteiger partial charge in [0.05, 0.1) is 22.7 Å². The average Bonchev–Trinajstić information content (AvgIpc) is 2.82. The van der Waals surface area contributed by atoms with Gasteiger partial charge in [-0.3, -0.25) is 0 Å². The molecule has 1 aliphatic rings. The number of sulfone groups is 1. The number of hydrogen-bond donors (Lipinski definition) is 1. The van der Waals surface area contributed by atoms with Crippen molar-refractivity contribution in [3.63, 3.8) is 0 Å². The Hall–Kier alpha value is -1.09. The number of rotatable bonds is 2. The Balaban J connectivity index is 0.00000192. The molecule has 0 aliphatic carbocycles. The summed E-state index contributed by atoms with van der Waals surface area (Å²) in [6.45, 7) is 2.43. The van der Waals surface area contributed by atoms with E-state index >= 15 is 0 Å². The van der Waals surface area contributed by atoms with Crippen molar-refractivity contribution >= 4 is 45.2 Å². The Kier molecular flexibility index (Phi) is 5.10. The molecule has 0 unspecified atom stereocenters. The van der Waals surface area contributed by atoms with Gasteiger partial charge in [0.15, 0.2) is 15.7 Å². The summed E-state index contributed by atoms with van der Waals surface area (Å²) in [7, 11) is -3.02. The van der Waals surface area contributed by atoms with Gasteiger partial charge in [-0.05, 0) is 13.0 Å². The van der Waals surface area contributed by atoms with Crippen LogP contribution < -0.4 is 10.6 Å². The van der Waals surface area contributed by atoms with E-state index in [1.54, 1.807) is 13.0 Å². The zero-order valence-corrected chi connectivity index (χ0v) is 14.8. The molecule has 1 fully saturated rings. The Bertz CT molecular complexity index is 824. The first-order valence-electron chi connectivity index (χ1n) is 6.87. The predicted molar refractivity (Wildman–Crippen MR) is 90.9 cm³/mol. The summed E-state index contributed by atoms with van der Waals surface area (Å²) < 4.78 is 38.5. The number of fused-ring (bicyclic) bond motifs is 1. The molecule has 3 rings (SSSR count). The van der Waals surface area contributed by atoms with Crippen molar-refractivity contribution in [2.45, 2.75) is 13.0 Å². The van der Waals surface area contributed by atoms with Crippen molar-refractivity contribution < 1.29 is 12.8 Å². The zero-order valence-electron chi connectivity index (χ0n) is 12.4. The maximum absolute atomic E-state index is 13.9. The van der Waals surface area contributed by atoms with Crippen molar-refractivity contribution in [2.24, 2.45) is 5.73 Å². The minimum absolute atomic E-state index is 0. The van der Waals surface area contributed by atoms with Gasteiger partial charge in [-0.1, -0.05) is 11.6 Å². The van der Waals surface area contributed by atoms with E-state index < -0.39 is 15.7 Å². The number of hydrogen-bond acceptors (Lipinski definition) is 5. The monoisotopic (exact) mass is 382 g/mol. The molecule has 0 radical (unpaired) electrons. The minimum atomic E-state index is -3.02. The molecule has 0 aromatic carbocycles. The zero-order chi connectivity index (χ0) is 16.1. The van der Waals surface area contributed by atoms with Crippen molar-refractivity contribution in [3.8, 4) is 0 Å². The average molecular weight is 383 g/mol. The summed E-state index contributed by atoms with van der Waals surface area (Å²) in [5.74, 6) is 0.193. The largest absolute Gasteiger partial charge is 0.354 e. The van der Waals surface area contributed by atoms with Crippen molar-refractivity contribution in [3.05, 3.63) is 28.7 Å². The Morgan fingerprint density at radius 2 is 2.00 bits per heavy atom. The number of pyridine rings is 1. The first kappa shape index (κ1) is 18.3. The number of aromatic nitrogens is 2. The normalized spacial score (nSPS) is 18.7. The summed E-state index contributed by atoms with van der Waals surface area (Å²) in [6, 6.07) is 1.28. The van der Waals surface area contributed by atoms with Crippen LogP contribution in [0, 0.1) is 5.82 Å². The lowest BCUT2D eigenvalue weighted by molar-refractivity contribution is 0.585. The van der Waals surface area contributed by atoms with Crippen molar-refractivity contribution in [2.75, 3.05) is 29.5 Å². The molecule has 1 saturated heterocycles. The van der Waals surface area contributed by atoms with Gasteiger partial charge in [-0.25, -0.2) is 17.3 Å². The van der Waals surface area contributed by atoms with Crippen LogP contribution in [0.15, 0.2) is 12.3 Å². The molecule has 0 saturated carbocycles. The molecule has 0 spiro atoms. The maximum atomic E-state index is 13.9. The molecule has 0 amide bonds. The van der Waals surface area contributed by atoms with E-state index in [1.165, 1.54) is 4.52 Å². The SMILES string of the molecule is C[C@H](N)c1cc(Cl)c2c(F)cnn2c1N1CCS(=O)(=O)CC1.Cl. The van der Waals surface area contributed by atoms with E-state index in [-0.39, 0.29) is 40.5 Å². The van der Waals surface area contributed by atoms with Gasteiger partial charge in [0, 0.05) is 24.7 Å². The van der Waals surface area contributed by atoms with Gasteiger partial charge in [-0.15, -0.1) is 12.4 Å². The molecule has 10 heteroatoms. The topological polar surface area (TPSA) is 80.7 Å². The van der Waals surface area contributed by atoms with Crippen LogP contribution >= 0.6 is 24.0 Å². The van der Waals surface area contributed by atoms with Gasteiger partial charge < -0.3 is 10.6 Å². The van der Waals surface area contributed by atoms with Gasteiger partial charge in [0.1, 0.15) is 11.3 Å². The number of nitrogens with zero attached hydrogens (tertiary/aromatic N) is 3. The molecule has 2 aromatic heterocycles. The highest BCUT2D eigenvalue weighted by molar-refractivity contribution is 7.91. The van der Waals surface area contributed by atoms with E-state index in [0.29, 0.717) is 24.5 Å².